The minimum absolute atomic E-state index is 0.377. The Morgan fingerprint density at radius 1 is 0.265 bits per heavy atom. The van der Waals surface area contributed by atoms with Crippen LogP contribution in [0.15, 0.2) is 176 Å². The van der Waals surface area contributed by atoms with Gasteiger partial charge in [-0.25, -0.2) is 15.0 Å². The molecule has 1 aromatic heterocycles. The summed E-state index contributed by atoms with van der Waals surface area (Å²) < 4.78 is 0. The van der Waals surface area contributed by atoms with Crippen molar-refractivity contribution in [2.45, 2.75) is 5.41 Å². The van der Waals surface area contributed by atoms with Gasteiger partial charge in [-0.1, -0.05) is 170 Å². The van der Waals surface area contributed by atoms with E-state index >= 15 is 0 Å². The molecule has 7 aromatic carbocycles. The summed E-state index contributed by atoms with van der Waals surface area (Å²) in [5.74, 6) is 1.97. The number of hydrogen-bond acceptors (Lipinski definition) is 3. The van der Waals surface area contributed by atoms with Gasteiger partial charge in [-0.2, -0.15) is 0 Å². The molecule has 0 fully saturated rings. The largest absolute Gasteiger partial charge is 0.208 e. The molecule has 228 valence electrons. The summed E-state index contributed by atoms with van der Waals surface area (Å²) in [5, 5.41) is 0. The third-order valence-electron chi connectivity index (χ3n) is 10.2. The van der Waals surface area contributed by atoms with Crippen LogP contribution in [0.25, 0.3) is 67.5 Å². The van der Waals surface area contributed by atoms with Crippen molar-refractivity contribution in [2.75, 3.05) is 0 Å². The lowest BCUT2D eigenvalue weighted by Gasteiger charge is -2.30. The first-order valence-corrected chi connectivity index (χ1v) is 16.7. The van der Waals surface area contributed by atoms with Gasteiger partial charge in [0.25, 0.3) is 0 Å². The zero-order chi connectivity index (χ0) is 32.4. The number of benzene rings is 7. The molecular formula is C46H29N3. The second kappa shape index (κ2) is 10.8. The first kappa shape index (κ1) is 27.6. The summed E-state index contributed by atoms with van der Waals surface area (Å²) in [5.41, 5.74) is 15.2. The van der Waals surface area contributed by atoms with Crippen LogP contribution in [0.4, 0.5) is 0 Å². The molecule has 10 rings (SSSR count). The van der Waals surface area contributed by atoms with Gasteiger partial charge in [0.15, 0.2) is 17.5 Å². The fourth-order valence-corrected chi connectivity index (χ4v) is 8.03. The monoisotopic (exact) mass is 623 g/mol. The van der Waals surface area contributed by atoms with E-state index in [2.05, 4.69) is 152 Å². The van der Waals surface area contributed by atoms with Crippen LogP contribution in [0.2, 0.25) is 0 Å². The van der Waals surface area contributed by atoms with Gasteiger partial charge in [0.05, 0.1) is 5.41 Å². The minimum atomic E-state index is -0.377. The third kappa shape index (κ3) is 4.12. The molecule has 0 bridgehead atoms. The molecule has 0 amide bonds. The molecular weight excluding hydrogens is 595 g/mol. The Morgan fingerprint density at radius 2 is 0.612 bits per heavy atom. The Hall–Kier alpha value is -6.45. The molecule has 0 saturated carbocycles. The summed E-state index contributed by atoms with van der Waals surface area (Å²) in [6, 6.07) is 62.6. The normalized spacial score (nSPS) is 13.1. The SMILES string of the molecule is c1ccc(-c2ccc(-c3nc(-c4ccccc4)nc(-c4ccc5c(c4)-c4ccccc4C54c5ccccc5-c5ccccc54)n3)cc2)cc1. The molecule has 8 aromatic rings. The van der Waals surface area contributed by atoms with Gasteiger partial charge >= 0.3 is 0 Å². The summed E-state index contributed by atoms with van der Waals surface area (Å²) >= 11 is 0. The molecule has 3 heteroatoms. The van der Waals surface area contributed by atoms with Crippen LogP contribution < -0.4 is 0 Å². The third-order valence-corrected chi connectivity index (χ3v) is 10.2. The lowest BCUT2D eigenvalue weighted by atomic mass is 9.70. The molecule has 2 aliphatic rings. The van der Waals surface area contributed by atoms with Crippen molar-refractivity contribution in [1.29, 1.82) is 0 Å². The van der Waals surface area contributed by atoms with Gasteiger partial charge in [-0.3, -0.25) is 0 Å². The number of nitrogens with zero attached hydrogens (tertiary/aromatic N) is 3. The van der Waals surface area contributed by atoms with Gasteiger partial charge in [-0.05, 0) is 61.7 Å². The van der Waals surface area contributed by atoms with Crippen molar-refractivity contribution in [3.8, 4) is 67.5 Å². The minimum Gasteiger partial charge on any atom is -0.208 e. The van der Waals surface area contributed by atoms with Crippen LogP contribution in [0, 0.1) is 0 Å². The maximum Gasteiger partial charge on any atom is 0.164 e. The van der Waals surface area contributed by atoms with E-state index in [1.807, 2.05) is 24.3 Å². The maximum absolute atomic E-state index is 5.12. The molecule has 0 unspecified atom stereocenters. The standard InChI is InChI=1S/C46H29N3/c1-3-13-30(14-4-1)31-23-25-33(26-24-31)44-47-43(32-15-5-2-6-16-32)48-45(49-44)34-27-28-42-38(29-34)37-19-9-12-22-41(37)46(42)39-20-10-7-17-35(39)36-18-8-11-21-40(36)46/h1-29H. The Morgan fingerprint density at radius 3 is 1.16 bits per heavy atom. The van der Waals surface area contributed by atoms with E-state index in [4.69, 9.17) is 15.0 Å². The fourth-order valence-electron chi connectivity index (χ4n) is 8.03. The van der Waals surface area contributed by atoms with E-state index in [0.717, 1.165) is 22.3 Å². The highest BCUT2D eigenvalue weighted by molar-refractivity contribution is 5.95. The quantitative estimate of drug-likeness (QED) is 0.196. The van der Waals surface area contributed by atoms with Crippen molar-refractivity contribution in [1.82, 2.24) is 15.0 Å². The average Bonchev–Trinajstić information content (AvgIpc) is 3.65. The Bertz CT molecular complexity index is 2490. The second-order valence-corrected chi connectivity index (χ2v) is 12.8. The van der Waals surface area contributed by atoms with Gasteiger partial charge in [0.1, 0.15) is 0 Å². The second-order valence-electron chi connectivity index (χ2n) is 12.8. The number of fused-ring (bicyclic) bond motifs is 10. The van der Waals surface area contributed by atoms with E-state index in [9.17, 15) is 0 Å². The van der Waals surface area contributed by atoms with Gasteiger partial charge in [-0.15, -0.1) is 0 Å². The first-order valence-electron chi connectivity index (χ1n) is 16.7. The van der Waals surface area contributed by atoms with Crippen LogP contribution >= 0.6 is 0 Å². The highest BCUT2D eigenvalue weighted by Crippen LogP contribution is 2.62. The summed E-state index contributed by atoms with van der Waals surface area (Å²) in [6.07, 6.45) is 0. The van der Waals surface area contributed by atoms with E-state index < -0.39 is 0 Å². The average molecular weight is 624 g/mol. The summed E-state index contributed by atoms with van der Waals surface area (Å²) in [6.45, 7) is 0. The van der Waals surface area contributed by atoms with Gasteiger partial charge in [0, 0.05) is 16.7 Å². The predicted molar refractivity (Wildman–Crippen MR) is 198 cm³/mol. The van der Waals surface area contributed by atoms with Crippen LogP contribution in [0.3, 0.4) is 0 Å². The predicted octanol–water partition coefficient (Wildman–Crippen LogP) is 10.9. The van der Waals surface area contributed by atoms with Crippen LogP contribution in [-0.2, 0) is 5.41 Å². The molecule has 49 heavy (non-hydrogen) atoms. The first-order chi connectivity index (χ1) is 24.3. The molecule has 0 saturated heterocycles. The van der Waals surface area contributed by atoms with Crippen molar-refractivity contribution in [3.05, 3.63) is 198 Å². The van der Waals surface area contributed by atoms with E-state index in [0.29, 0.717) is 17.5 Å². The van der Waals surface area contributed by atoms with E-state index in [1.54, 1.807) is 0 Å². The molecule has 0 radical (unpaired) electrons. The number of rotatable bonds is 4. The highest BCUT2D eigenvalue weighted by Gasteiger charge is 2.51. The summed E-state index contributed by atoms with van der Waals surface area (Å²) in [7, 11) is 0. The molecule has 1 heterocycles. The fraction of sp³-hybridized carbons (Fsp3) is 0.0217. The van der Waals surface area contributed by atoms with E-state index in [-0.39, 0.29) is 5.41 Å². The molecule has 0 N–H and O–H groups in total. The van der Waals surface area contributed by atoms with Crippen LogP contribution in [0.5, 0.6) is 0 Å². The molecule has 0 atom stereocenters. The van der Waals surface area contributed by atoms with Crippen LogP contribution in [-0.4, -0.2) is 15.0 Å². The Kier molecular flexibility index (Phi) is 6.09. The Labute approximate surface area is 285 Å². The maximum atomic E-state index is 5.12. The molecule has 1 spiro atoms. The molecule has 2 aliphatic carbocycles. The lowest BCUT2D eigenvalue weighted by Crippen LogP contribution is -2.25. The molecule has 0 aliphatic heterocycles. The molecule has 3 nitrogen and oxygen atoms in total. The van der Waals surface area contributed by atoms with Crippen molar-refractivity contribution >= 4 is 0 Å². The topological polar surface area (TPSA) is 38.7 Å². The lowest BCUT2D eigenvalue weighted by molar-refractivity contribution is 0.794. The smallest absolute Gasteiger partial charge is 0.164 e. The van der Waals surface area contributed by atoms with E-state index in [1.165, 1.54) is 50.1 Å². The number of aromatic nitrogens is 3. The highest BCUT2D eigenvalue weighted by atomic mass is 15.0. The van der Waals surface area contributed by atoms with Crippen molar-refractivity contribution in [2.24, 2.45) is 0 Å². The van der Waals surface area contributed by atoms with Gasteiger partial charge in [0.2, 0.25) is 0 Å². The van der Waals surface area contributed by atoms with Crippen molar-refractivity contribution in [3.63, 3.8) is 0 Å². The van der Waals surface area contributed by atoms with Crippen molar-refractivity contribution < 1.29 is 0 Å². The van der Waals surface area contributed by atoms with Gasteiger partial charge < -0.3 is 0 Å². The Balaban J connectivity index is 1.16. The zero-order valence-corrected chi connectivity index (χ0v) is 26.6. The zero-order valence-electron chi connectivity index (χ0n) is 26.6. The number of hydrogen-bond donors (Lipinski definition) is 0. The van der Waals surface area contributed by atoms with Crippen LogP contribution in [0.1, 0.15) is 22.3 Å². The summed E-state index contributed by atoms with van der Waals surface area (Å²) in [4.78, 5) is 15.2.